The monoisotopic (exact) mass is 723 g/mol. The van der Waals surface area contributed by atoms with Crippen LogP contribution >= 0.6 is 11.8 Å². The predicted molar refractivity (Wildman–Crippen MR) is 198 cm³/mol. The molecule has 0 saturated carbocycles. The highest BCUT2D eigenvalue weighted by atomic mass is 32.2. The van der Waals surface area contributed by atoms with Crippen molar-refractivity contribution in [2.45, 2.75) is 89.0 Å². The lowest BCUT2D eigenvalue weighted by molar-refractivity contribution is -0.133. The van der Waals surface area contributed by atoms with Gasteiger partial charge < -0.3 is 37.6 Å². The number of rotatable bonds is 20. The number of primary amides is 1. The lowest BCUT2D eigenvalue weighted by Crippen LogP contribution is -2.58. The Labute approximate surface area is 304 Å². The molecule has 1 heterocycles. The Morgan fingerprint density at radius 1 is 0.765 bits per heavy atom. The van der Waals surface area contributed by atoms with Crippen LogP contribution in [-0.2, 0) is 41.6 Å². The summed E-state index contributed by atoms with van der Waals surface area (Å²) in [7, 11) is 0. The summed E-state index contributed by atoms with van der Waals surface area (Å²) in [5.74, 6) is -2.63. The fraction of sp³-hybridized carbons (Fsp3) is 0.514. The Morgan fingerprint density at radius 2 is 1.33 bits per heavy atom. The normalized spacial score (nSPS) is 16.5. The molecule has 0 aliphatic carbocycles. The predicted octanol–water partition coefficient (Wildman–Crippen LogP) is 0.954. The van der Waals surface area contributed by atoms with Crippen molar-refractivity contribution in [3.05, 3.63) is 71.8 Å². The number of hydrogen-bond acceptors (Lipinski definition) is 8. The van der Waals surface area contributed by atoms with Gasteiger partial charge in [-0.2, -0.15) is 11.8 Å². The van der Waals surface area contributed by atoms with Crippen LogP contribution in [0.1, 0.15) is 57.1 Å². The zero-order valence-corrected chi connectivity index (χ0v) is 30.6. The van der Waals surface area contributed by atoms with Crippen molar-refractivity contribution in [3.8, 4) is 0 Å². The van der Waals surface area contributed by atoms with Crippen LogP contribution in [0.4, 0.5) is 0 Å². The summed E-state index contributed by atoms with van der Waals surface area (Å²) < 4.78 is 0. The maximum atomic E-state index is 13.8. The van der Waals surface area contributed by atoms with Crippen LogP contribution in [0.3, 0.4) is 0 Å². The first-order valence-electron chi connectivity index (χ1n) is 17.5. The first kappa shape index (κ1) is 41.0. The largest absolute Gasteiger partial charge is 0.368 e. The van der Waals surface area contributed by atoms with Crippen molar-refractivity contribution in [2.24, 2.45) is 11.7 Å². The molecule has 0 aromatic heterocycles. The molecular weight excluding hydrogens is 671 g/mol. The van der Waals surface area contributed by atoms with E-state index in [0.29, 0.717) is 18.6 Å². The van der Waals surface area contributed by atoms with Crippen LogP contribution in [0.25, 0.3) is 0 Å². The standard InChI is InChI=1S/C37H53N7O6S/c1-24(2)20-29(36(49)42-27(33(38)46)17-19-51-3)41-32(45)23-40-34(47)30(21-25-12-6-4-7-13-25)43-37(50)31(22-26-14-8-5-9-15-26)44-35(48)28-16-10-11-18-39-28/h4-9,12-15,24,27-31,39H,10-11,16-23H2,1-3H3,(H2,38,46)(H,40,47)(H,41,45)(H,42,49)(H,43,50)(H,44,48)/t27-,28-,29-,30-,31+/m0/s1. The van der Waals surface area contributed by atoms with Gasteiger partial charge in [-0.3, -0.25) is 28.8 Å². The molecule has 1 aliphatic heterocycles. The number of nitrogens with one attached hydrogen (secondary N) is 6. The molecule has 2 aromatic carbocycles. The van der Waals surface area contributed by atoms with Gasteiger partial charge in [0.2, 0.25) is 35.4 Å². The number of carbonyl (C=O) groups excluding carboxylic acids is 6. The Bertz CT molecular complexity index is 1440. The number of nitrogens with two attached hydrogens (primary N) is 1. The summed E-state index contributed by atoms with van der Waals surface area (Å²) in [4.78, 5) is 78.8. The molecule has 5 atom stereocenters. The van der Waals surface area contributed by atoms with Gasteiger partial charge in [0.05, 0.1) is 12.6 Å². The van der Waals surface area contributed by atoms with Crippen LogP contribution in [0.15, 0.2) is 60.7 Å². The second kappa shape index (κ2) is 21.7. The lowest BCUT2D eigenvalue weighted by Gasteiger charge is -2.27. The van der Waals surface area contributed by atoms with Gasteiger partial charge in [-0.15, -0.1) is 0 Å². The maximum Gasteiger partial charge on any atom is 0.243 e. The fourth-order valence-corrected chi connectivity index (χ4v) is 6.24. The molecule has 13 nitrogen and oxygen atoms in total. The average molecular weight is 724 g/mol. The molecule has 14 heteroatoms. The summed E-state index contributed by atoms with van der Waals surface area (Å²) in [6.45, 7) is 4.04. The molecule has 1 aliphatic rings. The highest BCUT2D eigenvalue weighted by Gasteiger charge is 2.31. The van der Waals surface area contributed by atoms with Gasteiger partial charge in [-0.1, -0.05) is 80.9 Å². The molecule has 51 heavy (non-hydrogen) atoms. The van der Waals surface area contributed by atoms with Crippen LogP contribution in [-0.4, -0.2) is 90.8 Å². The quantitative estimate of drug-likeness (QED) is 0.105. The first-order chi connectivity index (χ1) is 24.5. The number of hydrogen-bond donors (Lipinski definition) is 7. The summed E-state index contributed by atoms with van der Waals surface area (Å²) in [6.07, 6.45) is 5.39. The minimum absolute atomic E-state index is 0.0255. The van der Waals surface area contributed by atoms with E-state index in [0.717, 1.165) is 30.5 Å². The van der Waals surface area contributed by atoms with E-state index in [1.807, 2.05) is 80.8 Å². The SMILES string of the molecule is CSCC[C@H](NC(=O)[C@H](CC(C)C)NC(=O)CNC(=O)[C@H](Cc1ccccc1)NC(=O)[C@@H](Cc1ccccc1)NC(=O)[C@@H]1CCCCN1)C(N)=O. The van der Waals surface area contributed by atoms with Gasteiger partial charge in [0, 0.05) is 12.8 Å². The number of piperidine rings is 1. The topological polar surface area (TPSA) is 201 Å². The summed E-state index contributed by atoms with van der Waals surface area (Å²) >= 11 is 1.51. The number of carbonyl (C=O) groups is 6. The number of amides is 6. The lowest BCUT2D eigenvalue weighted by atomic mass is 10.0. The zero-order valence-electron chi connectivity index (χ0n) is 29.7. The molecule has 6 amide bonds. The number of thioether (sulfide) groups is 1. The summed E-state index contributed by atoms with van der Waals surface area (Å²) in [5, 5.41) is 16.8. The van der Waals surface area contributed by atoms with Crippen molar-refractivity contribution >= 4 is 47.2 Å². The third-order valence-corrected chi connectivity index (χ3v) is 9.15. The second-order valence-corrected chi connectivity index (χ2v) is 14.2. The van der Waals surface area contributed by atoms with E-state index in [1.165, 1.54) is 11.8 Å². The molecule has 0 unspecified atom stereocenters. The first-order valence-corrected chi connectivity index (χ1v) is 18.9. The minimum atomic E-state index is -1.08. The van der Waals surface area contributed by atoms with Crippen LogP contribution < -0.4 is 37.6 Å². The van der Waals surface area contributed by atoms with Crippen molar-refractivity contribution in [1.82, 2.24) is 31.9 Å². The van der Waals surface area contributed by atoms with Crippen LogP contribution in [0.2, 0.25) is 0 Å². The molecule has 278 valence electrons. The maximum absolute atomic E-state index is 13.8. The second-order valence-electron chi connectivity index (χ2n) is 13.2. The van der Waals surface area contributed by atoms with Crippen LogP contribution in [0.5, 0.6) is 0 Å². The van der Waals surface area contributed by atoms with E-state index in [-0.39, 0.29) is 31.1 Å². The van der Waals surface area contributed by atoms with Gasteiger partial charge >= 0.3 is 0 Å². The van der Waals surface area contributed by atoms with E-state index in [4.69, 9.17) is 5.73 Å². The van der Waals surface area contributed by atoms with E-state index >= 15 is 0 Å². The van der Waals surface area contributed by atoms with Gasteiger partial charge in [0.1, 0.15) is 24.2 Å². The molecule has 0 radical (unpaired) electrons. The molecular formula is C37H53N7O6S. The Balaban J connectivity index is 1.72. The van der Waals surface area contributed by atoms with Gasteiger partial charge in [0.15, 0.2) is 0 Å². The van der Waals surface area contributed by atoms with E-state index in [1.54, 1.807) is 0 Å². The molecule has 0 bridgehead atoms. The molecule has 0 spiro atoms. The molecule has 2 aromatic rings. The van der Waals surface area contributed by atoms with E-state index in [9.17, 15) is 28.8 Å². The van der Waals surface area contributed by atoms with E-state index in [2.05, 4.69) is 31.9 Å². The Kier molecular flexibility index (Phi) is 17.5. The molecule has 8 N–H and O–H groups in total. The fourth-order valence-electron chi connectivity index (χ4n) is 5.77. The van der Waals surface area contributed by atoms with Crippen molar-refractivity contribution in [2.75, 3.05) is 25.1 Å². The molecule has 1 fully saturated rings. The summed E-state index contributed by atoms with van der Waals surface area (Å²) in [6, 6.07) is 14.1. The van der Waals surface area contributed by atoms with Crippen molar-refractivity contribution in [3.63, 3.8) is 0 Å². The highest BCUT2D eigenvalue weighted by Crippen LogP contribution is 2.11. The zero-order chi connectivity index (χ0) is 37.2. The van der Waals surface area contributed by atoms with Crippen LogP contribution in [0, 0.1) is 5.92 Å². The smallest absolute Gasteiger partial charge is 0.243 e. The van der Waals surface area contributed by atoms with Gasteiger partial charge in [0.25, 0.3) is 0 Å². The Hall–Kier alpha value is -4.43. The third-order valence-electron chi connectivity index (χ3n) is 8.51. The molecule has 3 rings (SSSR count). The van der Waals surface area contributed by atoms with E-state index < -0.39 is 66.3 Å². The highest BCUT2D eigenvalue weighted by molar-refractivity contribution is 7.98. The van der Waals surface area contributed by atoms with Crippen molar-refractivity contribution < 1.29 is 28.8 Å². The minimum Gasteiger partial charge on any atom is -0.368 e. The summed E-state index contributed by atoms with van der Waals surface area (Å²) in [5.41, 5.74) is 7.10. The van der Waals surface area contributed by atoms with Crippen molar-refractivity contribution in [1.29, 1.82) is 0 Å². The number of benzene rings is 2. The third kappa shape index (κ3) is 14.8. The van der Waals surface area contributed by atoms with Gasteiger partial charge in [-0.25, -0.2) is 0 Å². The molecule has 1 saturated heterocycles. The average Bonchev–Trinajstić information content (AvgIpc) is 3.12. The van der Waals surface area contributed by atoms with Gasteiger partial charge in [-0.05, 0) is 61.3 Å². The Morgan fingerprint density at radius 3 is 1.86 bits per heavy atom.